The predicted octanol–water partition coefficient (Wildman–Crippen LogP) is 6.45. The topological polar surface area (TPSA) is 58.6 Å². The third-order valence-electron chi connectivity index (χ3n) is 6.12. The average Bonchev–Trinajstić information content (AvgIpc) is 2.95. The second-order valence-electron chi connectivity index (χ2n) is 8.76. The SMILES string of the molecule is COc1cc(NC(=O)[C@H](Cc2ccccc2)N(C)C(=O)c2ccc(F)cc2)ccc1SCc1ccccc1. The lowest BCUT2D eigenvalue weighted by molar-refractivity contribution is -0.120. The van der Waals surface area contributed by atoms with Gasteiger partial charge in [-0.05, 0) is 47.5 Å². The maximum atomic E-state index is 13.5. The van der Waals surface area contributed by atoms with Crippen molar-refractivity contribution in [1.82, 2.24) is 4.90 Å². The van der Waals surface area contributed by atoms with Gasteiger partial charge < -0.3 is 15.0 Å². The van der Waals surface area contributed by atoms with Crippen molar-refractivity contribution in [3.63, 3.8) is 0 Å². The Morgan fingerprint density at radius 1 is 0.895 bits per heavy atom. The van der Waals surface area contributed by atoms with Crippen molar-refractivity contribution >= 4 is 29.3 Å². The van der Waals surface area contributed by atoms with Gasteiger partial charge in [0.15, 0.2) is 0 Å². The van der Waals surface area contributed by atoms with E-state index in [1.54, 1.807) is 32.0 Å². The van der Waals surface area contributed by atoms with E-state index in [0.717, 1.165) is 16.2 Å². The Labute approximate surface area is 226 Å². The number of carbonyl (C=O) groups excluding carboxylic acids is 2. The van der Waals surface area contributed by atoms with Gasteiger partial charge in [-0.25, -0.2) is 4.39 Å². The summed E-state index contributed by atoms with van der Waals surface area (Å²) in [5.74, 6) is 0.310. The maximum Gasteiger partial charge on any atom is 0.254 e. The fourth-order valence-electron chi connectivity index (χ4n) is 4.01. The summed E-state index contributed by atoms with van der Waals surface area (Å²) in [7, 11) is 3.18. The van der Waals surface area contributed by atoms with Crippen LogP contribution in [0.15, 0.2) is 108 Å². The molecule has 0 spiro atoms. The van der Waals surface area contributed by atoms with Crippen LogP contribution in [0.1, 0.15) is 21.5 Å². The minimum absolute atomic E-state index is 0.307. The third kappa shape index (κ3) is 7.01. The molecule has 1 atom stereocenters. The Morgan fingerprint density at radius 3 is 2.16 bits per heavy atom. The molecule has 4 aromatic rings. The van der Waals surface area contributed by atoms with Gasteiger partial charge in [0.25, 0.3) is 5.91 Å². The standard InChI is InChI=1S/C31H29FN2O3S/c1-34(31(36)24-13-15-25(32)16-14-24)27(19-22-9-5-3-6-10-22)30(35)33-26-17-18-29(28(20-26)37-2)38-21-23-11-7-4-8-12-23/h3-18,20,27H,19,21H2,1-2H3,(H,33,35)/t27-/m0/s1. The molecule has 194 valence electrons. The van der Waals surface area contributed by atoms with E-state index >= 15 is 0 Å². The first-order chi connectivity index (χ1) is 18.4. The molecule has 0 bridgehead atoms. The lowest BCUT2D eigenvalue weighted by atomic mass is 10.0. The molecule has 38 heavy (non-hydrogen) atoms. The van der Waals surface area contributed by atoms with Crippen LogP contribution in [0.3, 0.4) is 0 Å². The molecule has 2 amide bonds. The van der Waals surface area contributed by atoms with Gasteiger partial charge in [-0.15, -0.1) is 11.8 Å². The zero-order valence-electron chi connectivity index (χ0n) is 21.3. The Kier molecular flexibility index (Phi) is 9.16. The number of hydrogen-bond donors (Lipinski definition) is 1. The van der Waals surface area contributed by atoms with E-state index in [9.17, 15) is 14.0 Å². The molecule has 0 unspecified atom stereocenters. The molecule has 0 fully saturated rings. The molecular formula is C31H29FN2O3S. The van der Waals surface area contributed by atoms with Crippen molar-refractivity contribution in [3.05, 3.63) is 126 Å². The van der Waals surface area contributed by atoms with E-state index in [2.05, 4.69) is 17.4 Å². The highest BCUT2D eigenvalue weighted by Crippen LogP contribution is 2.34. The Bertz CT molecular complexity index is 1370. The van der Waals surface area contributed by atoms with Crippen molar-refractivity contribution in [3.8, 4) is 5.75 Å². The number of hydrogen-bond acceptors (Lipinski definition) is 4. The summed E-state index contributed by atoms with van der Waals surface area (Å²) in [4.78, 5) is 29.1. The fraction of sp³-hybridized carbons (Fsp3) is 0.161. The first-order valence-corrected chi connectivity index (χ1v) is 13.2. The van der Waals surface area contributed by atoms with E-state index < -0.39 is 11.9 Å². The predicted molar refractivity (Wildman–Crippen MR) is 150 cm³/mol. The summed E-state index contributed by atoms with van der Waals surface area (Å²) in [6.07, 6.45) is 0.318. The number of halogens is 1. The fourth-order valence-corrected chi connectivity index (χ4v) is 4.97. The van der Waals surface area contributed by atoms with Gasteiger partial charge in [0.2, 0.25) is 5.91 Å². The van der Waals surface area contributed by atoms with Gasteiger partial charge >= 0.3 is 0 Å². The number of nitrogens with zero attached hydrogens (tertiary/aromatic N) is 1. The van der Waals surface area contributed by atoms with Crippen LogP contribution in [0.25, 0.3) is 0 Å². The number of likely N-dealkylation sites (N-methyl/N-ethyl adjacent to an activating group) is 1. The molecule has 0 aliphatic heterocycles. The van der Waals surface area contributed by atoms with Crippen LogP contribution < -0.4 is 10.1 Å². The van der Waals surface area contributed by atoms with Gasteiger partial charge in [0, 0.05) is 41.4 Å². The number of nitrogens with one attached hydrogen (secondary N) is 1. The Morgan fingerprint density at radius 2 is 1.53 bits per heavy atom. The Hall–Kier alpha value is -4.10. The summed E-state index contributed by atoms with van der Waals surface area (Å²) < 4.78 is 19.0. The van der Waals surface area contributed by atoms with Crippen molar-refractivity contribution in [1.29, 1.82) is 0 Å². The highest BCUT2D eigenvalue weighted by atomic mass is 32.2. The molecule has 0 aromatic heterocycles. The van der Waals surface area contributed by atoms with Gasteiger partial charge in [-0.1, -0.05) is 60.7 Å². The maximum absolute atomic E-state index is 13.5. The largest absolute Gasteiger partial charge is 0.496 e. The van der Waals surface area contributed by atoms with Crippen LogP contribution >= 0.6 is 11.8 Å². The molecule has 0 aliphatic carbocycles. The van der Waals surface area contributed by atoms with Crippen molar-refractivity contribution in [2.24, 2.45) is 0 Å². The highest BCUT2D eigenvalue weighted by molar-refractivity contribution is 7.98. The summed E-state index contributed by atoms with van der Waals surface area (Å²) in [6, 6.07) is 29.7. The summed E-state index contributed by atoms with van der Waals surface area (Å²) >= 11 is 1.65. The zero-order chi connectivity index (χ0) is 26.9. The number of methoxy groups -OCH3 is 1. The molecule has 0 aliphatic rings. The second-order valence-corrected chi connectivity index (χ2v) is 9.77. The van der Waals surface area contributed by atoms with Gasteiger partial charge in [0.05, 0.1) is 7.11 Å². The Balaban J connectivity index is 1.52. The van der Waals surface area contributed by atoms with E-state index in [0.29, 0.717) is 23.4 Å². The van der Waals surface area contributed by atoms with E-state index in [1.807, 2.05) is 60.7 Å². The van der Waals surface area contributed by atoms with E-state index in [1.165, 1.54) is 34.7 Å². The summed E-state index contributed by atoms with van der Waals surface area (Å²) in [5, 5.41) is 2.95. The van der Waals surface area contributed by atoms with Crippen LogP contribution in [0, 0.1) is 5.82 Å². The number of ether oxygens (including phenoxy) is 1. The van der Waals surface area contributed by atoms with Crippen LogP contribution in [0.5, 0.6) is 5.75 Å². The second kappa shape index (κ2) is 12.9. The van der Waals surface area contributed by atoms with E-state index in [-0.39, 0.29) is 11.8 Å². The van der Waals surface area contributed by atoms with Crippen LogP contribution in [0.2, 0.25) is 0 Å². The van der Waals surface area contributed by atoms with Gasteiger partial charge in [0.1, 0.15) is 17.6 Å². The molecule has 0 radical (unpaired) electrons. The lowest BCUT2D eigenvalue weighted by Gasteiger charge is -2.28. The molecule has 4 aromatic carbocycles. The van der Waals surface area contributed by atoms with Gasteiger partial charge in [-0.2, -0.15) is 0 Å². The molecule has 1 N–H and O–H groups in total. The molecule has 5 nitrogen and oxygen atoms in total. The molecule has 0 saturated heterocycles. The quantitative estimate of drug-likeness (QED) is 0.240. The molecule has 4 rings (SSSR count). The number of benzene rings is 4. The third-order valence-corrected chi connectivity index (χ3v) is 7.25. The van der Waals surface area contributed by atoms with Crippen LogP contribution in [-0.2, 0) is 17.0 Å². The molecule has 0 saturated carbocycles. The zero-order valence-corrected chi connectivity index (χ0v) is 22.1. The van der Waals surface area contributed by atoms with Gasteiger partial charge in [-0.3, -0.25) is 9.59 Å². The first-order valence-electron chi connectivity index (χ1n) is 12.2. The summed E-state index contributed by atoms with van der Waals surface area (Å²) in [6.45, 7) is 0. The minimum atomic E-state index is -0.798. The van der Waals surface area contributed by atoms with E-state index in [4.69, 9.17) is 4.74 Å². The normalized spacial score (nSPS) is 11.4. The molecule has 0 heterocycles. The van der Waals surface area contributed by atoms with Crippen molar-refractivity contribution in [2.45, 2.75) is 23.1 Å². The lowest BCUT2D eigenvalue weighted by Crippen LogP contribution is -2.46. The number of anilines is 1. The monoisotopic (exact) mass is 528 g/mol. The van der Waals surface area contributed by atoms with Crippen LogP contribution in [0.4, 0.5) is 10.1 Å². The first kappa shape index (κ1) is 26.9. The number of amides is 2. The number of rotatable bonds is 10. The van der Waals surface area contributed by atoms with Crippen LogP contribution in [-0.4, -0.2) is 36.9 Å². The minimum Gasteiger partial charge on any atom is -0.496 e. The molecular weight excluding hydrogens is 499 g/mol. The average molecular weight is 529 g/mol. The number of carbonyl (C=O) groups is 2. The summed E-state index contributed by atoms with van der Waals surface area (Å²) in [5.41, 5.74) is 2.99. The van der Waals surface area contributed by atoms with Crippen molar-refractivity contribution < 1.29 is 18.7 Å². The highest BCUT2D eigenvalue weighted by Gasteiger charge is 2.28. The van der Waals surface area contributed by atoms with Crippen molar-refractivity contribution in [2.75, 3.05) is 19.5 Å². The molecule has 7 heteroatoms. The smallest absolute Gasteiger partial charge is 0.254 e. The number of thioether (sulfide) groups is 1.